The van der Waals surface area contributed by atoms with E-state index >= 15 is 0 Å². The molecule has 1 amide bonds. The van der Waals surface area contributed by atoms with Gasteiger partial charge in [-0.05, 0) is 18.9 Å². The van der Waals surface area contributed by atoms with Crippen molar-refractivity contribution >= 4 is 5.91 Å². The molecular formula is C17H28N2O2. The van der Waals surface area contributed by atoms with E-state index in [1.54, 1.807) is 7.11 Å². The normalized spacial score (nSPS) is 12.1. The molecule has 4 heteroatoms. The van der Waals surface area contributed by atoms with Crippen molar-refractivity contribution in [3.8, 4) is 0 Å². The fraction of sp³-hybridized carbons (Fsp3) is 0.588. The summed E-state index contributed by atoms with van der Waals surface area (Å²) in [6.07, 6.45) is 2.11. The van der Waals surface area contributed by atoms with Crippen LogP contribution >= 0.6 is 0 Å². The first-order valence-corrected chi connectivity index (χ1v) is 7.74. The molecule has 118 valence electrons. The Morgan fingerprint density at radius 3 is 2.67 bits per heavy atom. The molecule has 1 rings (SSSR count). The highest BCUT2D eigenvalue weighted by Gasteiger charge is 2.20. The molecule has 4 nitrogen and oxygen atoms in total. The topological polar surface area (TPSA) is 41.6 Å². The van der Waals surface area contributed by atoms with Crippen molar-refractivity contribution in [2.24, 2.45) is 0 Å². The van der Waals surface area contributed by atoms with Crippen LogP contribution in [0.2, 0.25) is 0 Å². The summed E-state index contributed by atoms with van der Waals surface area (Å²) >= 11 is 0. The standard InChI is InChI=1S/C17H28N2O2/c1-4-5-12-19(17(20)14-18-11-13-21-3)15(2)16-9-7-6-8-10-16/h6-10,15,18H,4-5,11-14H2,1-3H3. The first kappa shape index (κ1) is 17.7. The number of nitrogens with one attached hydrogen (secondary N) is 1. The van der Waals surface area contributed by atoms with Crippen molar-refractivity contribution in [1.82, 2.24) is 10.2 Å². The molecule has 0 aliphatic heterocycles. The molecule has 1 atom stereocenters. The van der Waals surface area contributed by atoms with Gasteiger partial charge in [0.15, 0.2) is 0 Å². The molecule has 21 heavy (non-hydrogen) atoms. The second kappa shape index (κ2) is 10.4. The van der Waals surface area contributed by atoms with E-state index in [4.69, 9.17) is 4.74 Å². The van der Waals surface area contributed by atoms with Gasteiger partial charge in [0, 0.05) is 20.2 Å². The summed E-state index contributed by atoms with van der Waals surface area (Å²) in [5.41, 5.74) is 1.18. The van der Waals surface area contributed by atoms with Crippen molar-refractivity contribution in [2.75, 3.05) is 33.4 Å². The van der Waals surface area contributed by atoms with E-state index < -0.39 is 0 Å². The molecule has 0 fully saturated rings. The van der Waals surface area contributed by atoms with Crippen molar-refractivity contribution in [3.63, 3.8) is 0 Å². The second-order valence-electron chi connectivity index (χ2n) is 5.20. The molecule has 0 saturated carbocycles. The van der Waals surface area contributed by atoms with Gasteiger partial charge in [-0.1, -0.05) is 43.7 Å². The first-order valence-electron chi connectivity index (χ1n) is 7.74. The fourth-order valence-corrected chi connectivity index (χ4v) is 2.25. The maximum Gasteiger partial charge on any atom is 0.237 e. The van der Waals surface area contributed by atoms with E-state index in [1.165, 1.54) is 5.56 Å². The number of unbranched alkanes of at least 4 members (excludes halogenated alkanes) is 1. The van der Waals surface area contributed by atoms with Crippen LogP contribution in [0.4, 0.5) is 0 Å². The number of carbonyl (C=O) groups excluding carboxylic acids is 1. The summed E-state index contributed by atoms with van der Waals surface area (Å²) in [5, 5.41) is 3.13. The number of hydrogen-bond acceptors (Lipinski definition) is 3. The van der Waals surface area contributed by atoms with Crippen LogP contribution in [0.5, 0.6) is 0 Å². The Balaban J connectivity index is 2.63. The zero-order valence-corrected chi connectivity index (χ0v) is 13.5. The van der Waals surface area contributed by atoms with Crippen LogP contribution < -0.4 is 5.32 Å². The lowest BCUT2D eigenvalue weighted by Gasteiger charge is -2.30. The lowest BCUT2D eigenvalue weighted by Crippen LogP contribution is -2.41. The zero-order chi connectivity index (χ0) is 15.5. The quantitative estimate of drug-likeness (QED) is 0.674. The predicted molar refractivity (Wildman–Crippen MR) is 86.2 cm³/mol. The lowest BCUT2D eigenvalue weighted by molar-refractivity contribution is -0.132. The lowest BCUT2D eigenvalue weighted by atomic mass is 10.1. The van der Waals surface area contributed by atoms with E-state index in [1.807, 2.05) is 23.1 Å². The number of hydrogen-bond donors (Lipinski definition) is 1. The van der Waals surface area contributed by atoms with Crippen molar-refractivity contribution in [1.29, 1.82) is 0 Å². The van der Waals surface area contributed by atoms with Gasteiger partial charge in [0.05, 0.1) is 19.2 Å². The summed E-state index contributed by atoms with van der Waals surface area (Å²) in [4.78, 5) is 14.4. The van der Waals surface area contributed by atoms with Gasteiger partial charge in [-0.15, -0.1) is 0 Å². The van der Waals surface area contributed by atoms with E-state index in [-0.39, 0.29) is 11.9 Å². The highest BCUT2D eigenvalue weighted by molar-refractivity contribution is 5.78. The number of ether oxygens (including phenoxy) is 1. The molecule has 1 unspecified atom stereocenters. The van der Waals surface area contributed by atoms with Crippen LogP contribution in [0, 0.1) is 0 Å². The molecule has 0 bridgehead atoms. The maximum atomic E-state index is 12.4. The largest absolute Gasteiger partial charge is 0.383 e. The molecule has 1 aromatic rings. The Morgan fingerprint density at radius 2 is 2.05 bits per heavy atom. The minimum absolute atomic E-state index is 0.106. The number of carbonyl (C=O) groups is 1. The van der Waals surface area contributed by atoms with Crippen molar-refractivity contribution < 1.29 is 9.53 Å². The van der Waals surface area contributed by atoms with Crippen LogP contribution in [-0.2, 0) is 9.53 Å². The molecule has 0 aliphatic rings. The Labute approximate surface area is 128 Å². The first-order chi connectivity index (χ1) is 10.2. The SMILES string of the molecule is CCCCN(C(=O)CNCCOC)C(C)c1ccccc1. The molecule has 0 radical (unpaired) electrons. The maximum absolute atomic E-state index is 12.4. The molecule has 0 aliphatic carbocycles. The van der Waals surface area contributed by atoms with E-state index in [0.717, 1.165) is 19.4 Å². The Kier molecular flexibility index (Phi) is 8.71. The van der Waals surface area contributed by atoms with E-state index in [0.29, 0.717) is 19.7 Å². The Morgan fingerprint density at radius 1 is 1.33 bits per heavy atom. The van der Waals surface area contributed by atoms with Gasteiger partial charge in [0.25, 0.3) is 0 Å². The van der Waals surface area contributed by atoms with Gasteiger partial charge in [-0.25, -0.2) is 0 Å². The summed E-state index contributed by atoms with van der Waals surface area (Å²) in [6.45, 7) is 6.73. The molecule has 0 spiro atoms. The summed E-state index contributed by atoms with van der Waals surface area (Å²) in [7, 11) is 1.66. The molecular weight excluding hydrogens is 264 g/mol. The monoisotopic (exact) mass is 292 g/mol. The number of benzene rings is 1. The Bertz CT molecular complexity index is 395. The summed E-state index contributed by atoms with van der Waals surface area (Å²) in [5.74, 6) is 0.149. The fourth-order valence-electron chi connectivity index (χ4n) is 2.25. The third-order valence-electron chi connectivity index (χ3n) is 3.58. The van der Waals surface area contributed by atoms with Crippen molar-refractivity contribution in [2.45, 2.75) is 32.7 Å². The second-order valence-corrected chi connectivity index (χ2v) is 5.20. The zero-order valence-electron chi connectivity index (χ0n) is 13.5. The molecule has 1 aromatic carbocycles. The average Bonchev–Trinajstić information content (AvgIpc) is 2.52. The Hall–Kier alpha value is -1.39. The van der Waals surface area contributed by atoms with Gasteiger partial charge in [-0.3, -0.25) is 4.79 Å². The van der Waals surface area contributed by atoms with Crippen LogP contribution in [-0.4, -0.2) is 44.2 Å². The van der Waals surface area contributed by atoms with Crippen LogP contribution in [0.3, 0.4) is 0 Å². The number of rotatable bonds is 10. The minimum Gasteiger partial charge on any atom is -0.383 e. The smallest absolute Gasteiger partial charge is 0.237 e. The van der Waals surface area contributed by atoms with Gasteiger partial charge in [0.1, 0.15) is 0 Å². The van der Waals surface area contributed by atoms with Gasteiger partial charge >= 0.3 is 0 Å². The van der Waals surface area contributed by atoms with Gasteiger partial charge in [-0.2, -0.15) is 0 Å². The molecule has 0 heterocycles. The molecule has 0 aromatic heterocycles. The van der Waals surface area contributed by atoms with Gasteiger partial charge < -0.3 is 15.0 Å². The number of nitrogens with zero attached hydrogens (tertiary/aromatic N) is 1. The van der Waals surface area contributed by atoms with Crippen molar-refractivity contribution in [3.05, 3.63) is 35.9 Å². The summed E-state index contributed by atoms with van der Waals surface area (Å²) < 4.78 is 4.98. The van der Waals surface area contributed by atoms with E-state index in [2.05, 4.69) is 31.3 Å². The molecule has 1 N–H and O–H groups in total. The predicted octanol–water partition coefficient (Wildman–Crippen LogP) is 2.61. The third kappa shape index (κ3) is 6.27. The highest BCUT2D eigenvalue weighted by Crippen LogP contribution is 2.20. The summed E-state index contributed by atoms with van der Waals surface area (Å²) in [6, 6.07) is 10.3. The van der Waals surface area contributed by atoms with Gasteiger partial charge in [0.2, 0.25) is 5.91 Å². The average molecular weight is 292 g/mol. The minimum atomic E-state index is 0.106. The highest BCUT2D eigenvalue weighted by atomic mass is 16.5. The number of methoxy groups -OCH3 is 1. The molecule has 0 saturated heterocycles. The third-order valence-corrected chi connectivity index (χ3v) is 3.58. The van der Waals surface area contributed by atoms with Crippen LogP contribution in [0.25, 0.3) is 0 Å². The number of amides is 1. The van der Waals surface area contributed by atoms with Crippen LogP contribution in [0.15, 0.2) is 30.3 Å². The van der Waals surface area contributed by atoms with E-state index in [9.17, 15) is 4.79 Å². The van der Waals surface area contributed by atoms with Crippen LogP contribution in [0.1, 0.15) is 38.3 Å².